The summed E-state index contributed by atoms with van der Waals surface area (Å²) in [7, 11) is 0. The molecule has 0 aliphatic heterocycles. The van der Waals surface area contributed by atoms with Crippen LogP contribution in [0.5, 0.6) is 0 Å². The van der Waals surface area contributed by atoms with Crippen molar-refractivity contribution >= 4 is 28.9 Å². The number of aromatic nitrogens is 1. The van der Waals surface area contributed by atoms with Gasteiger partial charge in [-0.3, -0.25) is 9.78 Å². The second kappa shape index (κ2) is 7.09. The number of benzene rings is 1. The van der Waals surface area contributed by atoms with Gasteiger partial charge in [0.1, 0.15) is 5.69 Å². The van der Waals surface area contributed by atoms with Gasteiger partial charge in [-0.25, -0.2) is 0 Å². The van der Waals surface area contributed by atoms with Gasteiger partial charge in [0.05, 0.1) is 0 Å². The zero-order chi connectivity index (χ0) is 15.2. The third kappa shape index (κ3) is 4.20. The van der Waals surface area contributed by atoms with Gasteiger partial charge in [0, 0.05) is 29.1 Å². The van der Waals surface area contributed by atoms with Crippen LogP contribution < -0.4 is 10.6 Å². The van der Waals surface area contributed by atoms with Crippen LogP contribution in [0.4, 0.5) is 11.4 Å². The van der Waals surface area contributed by atoms with Gasteiger partial charge in [-0.2, -0.15) is 0 Å². The lowest BCUT2D eigenvalue weighted by atomic mass is 10.2. The SMILES string of the molecule is CCCNC(=O)c1cc(Nc2cc(Cl)ccc2C)ccn1. The molecule has 2 rings (SSSR count). The molecule has 0 aliphatic rings. The van der Waals surface area contributed by atoms with E-state index < -0.39 is 0 Å². The highest BCUT2D eigenvalue weighted by Crippen LogP contribution is 2.24. The molecule has 110 valence electrons. The Kier molecular flexibility index (Phi) is 5.17. The molecule has 1 aromatic heterocycles. The van der Waals surface area contributed by atoms with Gasteiger partial charge < -0.3 is 10.6 Å². The quantitative estimate of drug-likeness (QED) is 0.880. The zero-order valence-electron chi connectivity index (χ0n) is 12.1. The summed E-state index contributed by atoms with van der Waals surface area (Å²) in [4.78, 5) is 16.0. The standard InChI is InChI=1S/C16H18ClN3O/c1-3-7-19-16(21)15-10-13(6-8-18-15)20-14-9-12(17)5-4-11(14)2/h4-6,8-10H,3,7H2,1-2H3,(H,18,20)(H,19,21). The Morgan fingerprint density at radius 1 is 1.29 bits per heavy atom. The van der Waals surface area contributed by atoms with Gasteiger partial charge >= 0.3 is 0 Å². The highest BCUT2D eigenvalue weighted by atomic mass is 35.5. The lowest BCUT2D eigenvalue weighted by Crippen LogP contribution is -2.24. The number of nitrogens with zero attached hydrogens (tertiary/aromatic N) is 1. The van der Waals surface area contributed by atoms with Crippen LogP contribution in [0.15, 0.2) is 36.5 Å². The van der Waals surface area contributed by atoms with Crippen molar-refractivity contribution in [2.75, 3.05) is 11.9 Å². The Balaban J connectivity index is 2.17. The predicted octanol–water partition coefficient (Wildman–Crippen LogP) is 3.93. The molecule has 0 bridgehead atoms. The summed E-state index contributed by atoms with van der Waals surface area (Å²) < 4.78 is 0. The molecule has 0 spiro atoms. The number of anilines is 2. The van der Waals surface area contributed by atoms with Crippen molar-refractivity contribution < 1.29 is 4.79 Å². The van der Waals surface area contributed by atoms with Gasteiger partial charge in [-0.15, -0.1) is 0 Å². The maximum absolute atomic E-state index is 11.9. The van der Waals surface area contributed by atoms with Gasteiger partial charge in [0.2, 0.25) is 0 Å². The third-order valence-electron chi connectivity index (χ3n) is 3.01. The molecule has 0 atom stereocenters. The minimum atomic E-state index is -0.164. The van der Waals surface area contributed by atoms with E-state index in [1.54, 1.807) is 12.3 Å². The van der Waals surface area contributed by atoms with Crippen molar-refractivity contribution in [2.45, 2.75) is 20.3 Å². The molecular weight excluding hydrogens is 286 g/mol. The average molecular weight is 304 g/mol. The number of pyridine rings is 1. The molecule has 2 N–H and O–H groups in total. The van der Waals surface area contributed by atoms with Crippen LogP contribution in [0, 0.1) is 6.92 Å². The Hall–Kier alpha value is -2.07. The smallest absolute Gasteiger partial charge is 0.269 e. The van der Waals surface area contributed by atoms with Gasteiger partial charge in [0.25, 0.3) is 5.91 Å². The number of aryl methyl sites for hydroxylation is 1. The van der Waals surface area contributed by atoms with E-state index >= 15 is 0 Å². The molecule has 21 heavy (non-hydrogen) atoms. The minimum Gasteiger partial charge on any atom is -0.355 e. The van der Waals surface area contributed by atoms with Crippen molar-refractivity contribution in [3.05, 3.63) is 52.8 Å². The molecule has 0 unspecified atom stereocenters. The fourth-order valence-electron chi connectivity index (χ4n) is 1.85. The Bertz CT molecular complexity index is 643. The van der Waals surface area contributed by atoms with Crippen LogP contribution in [0.2, 0.25) is 5.02 Å². The second-order valence-corrected chi connectivity index (χ2v) is 5.21. The Labute approximate surface area is 129 Å². The number of nitrogens with one attached hydrogen (secondary N) is 2. The molecule has 4 nitrogen and oxygen atoms in total. The van der Waals surface area contributed by atoms with E-state index in [9.17, 15) is 4.79 Å². The number of rotatable bonds is 5. The third-order valence-corrected chi connectivity index (χ3v) is 3.24. The number of carbonyl (C=O) groups excluding carboxylic acids is 1. The first-order chi connectivity index (χ1) is 10.1. The zero-order valence-corrected chi connectivity index (χ0v) is 12.9. The van der Waals surface area contributed by atoms with E-state index in [1.807, 2.05) is 38.1 Å². The van der Waals surface area contributed by atoms with Gasteiger partial charge in [-0.1, -0.05) is 24.6 Å². The molecule has 1 amide bonds. The number of hydrogen-bond donors (Lipinski definition) is 2. The molecular formula is C16H18ClN3O. The number of carbonyl (C=O) groups is 1. The largest absolute Gasteiger partial charge is 0.355 e. The number of hydrogen-bond acceptors (Lipinski definition) is 3. The van der Waals surface area contributed by atoms with Crippen LogP contribution in [0.1, 0.15) is 29.4 Å². The topological polar surface area (TPSA) is 54.0 Å². The maximum Gasteiger partial charge on any atom is 0.269 e. The highest BCUT2D eigenvalue weighted by Gasteiger charge is 2.07. The molecule has 0 aliphatic carbocycles. The van der Waals surface area contributed by atoms with Crippen molar-refractivity contribution in [1.29, 1.82) is 0 Å². The molecule has 5 heteroatoms. The first kappa shape index (κ1) is 15.3. The first-order valence-corrected chi connectivity index (χ1v) is 7.25. The first-order valence-electron chi connectivity index (χ1n) is 6.87. The summed E-state index contributed by atoms with van der Waals surface area (Å²) in [6.45, 7) is 4.65. The average Bonchev–Trinajstić information content (AvgIpc) is 2.49. The fourth-order valence-corrected chi connectivity index (χ4v) is 2.02. The van der Waals surface area contributed by atoms with Crippen molar-refractivity contribution in [1.82, 2.24) is 10.3 Å². The van der Waals surface area contributed by atoms with E-state index in [2.05, 4.69) is 15.6 Å². The Morgan fingerprint density at radius 2 is 2.10 bits per heavy atom. The van der Waals surface area contributed by atoms with Crippen LogP contribution in [-0.2, 0) is 0 Å². The van der Waals surface area contributed by atoms with Crippen LogP contribution in [0.25, 0.3) is 0 Å². The van der Waals surface area contributed by atoms with E-state index in [0.717, 1.165) is 23.4 Å². The molecule has 0 radical (unpaired) electrons. The van der Waals surface area contributed by atoms with E-state index in [4.69, 9.17) is 11.6 Å². The van der Waals surface area contributed by atoms with Gasteiger partial charge in [-0.05, 0) is 43.2 Å². The number of amides is 1. The summed E-state index contributed by atoms with van der Waals surface area (Å²) >= 11 is 6.01. The van der Waals surface area contributed by atoms with Crippen molar-refractivity contribution in [3.63, 3.8) is 0 Å². The van der Waals surface area contributed by atoms with Gasteiger partial charge in [0.15, 0.2) is 0 Å². The number of halogens is 1. The van der Waals surface area contributed by atoms with Crippen LogP contribution >= 0.6 is 11.6 Å². The molecule has 1 aromatic carbocycles. The van der Waals surface area contributed by atoms with Crippen molar-refractivity contribution in [2.24, 2.45) is 0 Å². The molecule has 0 saturated heterocycles. The maximum atomic E-state index is 11.9. The summed E-state index contributed by atoms with van der Waals surface area (Å²) in [5.41, 5.74) is 3.19. The summed E-state index contributed by atoms with van der Waals surface area (Å²) in [5, 5.41) is 6.73. The lowest BCUT2D eigenvalue weighted by Gasteiger charge is -2.11. The fraction of sp³-hybridized carbons (Fsp3) is 0.250. The lowest BCUT2D eigenvalue weighted by molar-refractivity contribution is 0.0949. The molecule has 1 heterocycles. The molecule has 0 saturated carbocycles. The normalized spacial score (nSPS) is 10.2. The predicted molar refractivity (Wildman–Crippen MR) is 86.3 cm³/mol. The summed E-state index contributed by atoms with van der Waals surface area (Å²) in [5.74, 6) is -0.164. The second-order valence-electron chi connectivity index (χ2n) is 4.77. The van der Waals surface area contributed by atoms with Crippen LogP contribution in [0.3, 0.4) is 0 Å². The van der Waals surface area contributed by atoms with E-state index in [0.29, 0.717) is 17.3 Å². The van der Waals surface area contributed by atoms with Crippen LogP contribution in [-0.4, -0.2) is 17.4 Å². The molecule has 0 fully saturated rings. The summed E-state index contributed by atoms with van der Waals surface area (Å²) in [6.07, 6.45) is 2.51. The monoisotopic (exact) mass is 303 g/mol. The Morgan fingerprint density at radius 3 is 2.86 bits per heavy atom. The van der Waals surface area contributed by atoms with E-state index in [-0.39, 0.29) is 5.91 Å². The van der Waals surface area contributed by atoms with Crippen molar-refractivity contribution in [3.8, 4) is 0 Å². The highest BCUT2D eigenvalue weighted by molar-refractivity contribution is 6.30. The molecule has 2 aromatic rings. The summed E-state index contributed by atoms with van der Waals surface area (Å²) in [6, 6.07) is 9.19. The minimum absolute atomic E-state index is 0.164. The van der Waals surface area contributed by atoms with E-state index in [1.165, 1.54) is 0 Å².